The van der Waals surface area contributed by atoms with E-state index < -0.39 is 17.4 Å². The molecule has 1 atom stereocenters. The van der Waals surface area contributed by atoms with Crippen molar-refractivity contribution in [1.82, 2.24) is 20.4 Å². The van der Waals surface area contributed by atoms with Gasteiger partial charge in [0.05, 0.1) is 18.2 Å². The fraction of sp³-hybridized carbons (Fsp3) is 0.444. The molecule has 2 aliphatic heterocycles. The van der Waals surface area contributed by atoms with Gasteiger partial charge in [-0.15, -0.1) is 0 Å². The van der Waals surface area contributed by atoms with Crippen LogP contribution in [0.4, 0.5) is 9.18 Å². The highest BCUT2D eigenvalue weighted by Gasteiger charge is 2.48. The molecule has 0 saturated carbocycles. The minimum Gasteiger partial charge on any atom is -0.340 e. The number of carbonyl (C=O) groups excluding carboxylic acids is 3. The molecule has 2 fully saturated rings. The third-order valence-electron chi connectivity index (χ3n) is 4.95. The summed E-state index contributed by atoms with van der Waals surface area (Å²) in [7, 11) is 1.56. The first-order valence-corrected chi connectivity index (χ1v) is 8.61. The van der Waals surface area contributed by atoms with Crippen LogP contribution in [0.3, 0.4) is 0 Å². The van der Waals surface area contributed by atoms with E-state index in [4.69, 9.17) is 5.26 Å². The second-order valence-corrected chi connectivity index (χ2v) is 6.97. The van der Waals surface area contributed by atoms with E-state index in [-0.39, 0.29) is 37.0 Å². The van der Waals surface area contributed by atoms with Crippen molar-refractivity contribution in [1.29, 1.82) is 5.26 Å². The first-order valence-electron chi connectivity index (χ1n) is 8.61. The highest BCUT2D eigenvalue weighted by atomic mass is 19.1. The number of likely N-dealkylation sites (tertiary alicyclic amines) is 1. The fourth-order valence-corrected chi connectivity index (χ4v) is 3.52. The van der Waals surface area contributed by atoms with Gasteiger partial charge in [-0.3, -0.25) is 19.8 Å². The van der Waals surface area contributed by atoms with Crippen molar-refractivity contribution in [3.05, 3.63) is 35.1 Å². The second-order valence-electron chi connectivity index (χ2n) is 6.97. The van der Waals surface area contributed by atoms with Crippen LogP contribution in [0.25, 0.3) is 0 Å². The van der Waals surface area contributed by atoms with Gasteiger partial charge in [0.1, 0.15) is 11.4 Å². The van der Waals surface area contributed by atoms with Crippen LogP contribution in [0.5, 0.6) is 0 Å². The van der Waals surface area contributed by atoms with Gasteiger partial charge in [-0.05, 0) is 37.6 Å². The van der Waals surface area contributed by atoms with Crippen molar-refractivity contribution in [2.24, 2.45) is 0 Å². The molecular formula is C18H20FN5O3. The first-order chi connectivity index (χ1) is 12.8. The van der Waals surface area contributed by atoms with Crippen molar-refractivity contribution in [3.63, 3.8) is 0 Å². The number of hydrogen-bond donors (Lipinski definition) is 2. The van der Waals surface area contributed by atoms with Crippen LogP contribution in [-0.4, -0.2) is 59.9 Å². The number of benzene rings is 1. The van der Waals surface area contributed by atoms with Gasteiger partial charge in [-0.25, -0.2) is 9.18 Å². The van der Waals surface area contributed by atoms with Crippen LogP contribution in [0.1, 0.15) is 24.0 Å². The van der Waals surface area contributed by atoms with E-state index >= 15 is 0 Å². The molecule has 1 aromatic rings. The Morgan fingerprint density at radius 1 is 1.44 bits per heavy atom. The monoisotopic (exact) mass is 373 g/mol. The lowest BCUT2D eigenvalue weighted by molar-refractivity contribution is -0.134. The Bertz CT molecular complexity index is 837. The van der Waals surface area contributed by atoms with Gasteiger partial charge in [0.15, 0.2) is 0 Å². The van der Waals surface area contributed by atoms with Gasteiger partial charge in [0, 0.05) is 25.7 Å². The summed E-state index contributed by atoms with van der Waals surface area (Å²) in [4.78, 5) is 39.3. The molecule has 2 aliphatic rings. The van der Waals surface area contributed by atoms with Gasteiger partial charge in [0.2, 0.25) is 5.91 Å². The van der Waals surface area contributed by atoms with Gasteiger partial charge >= 0.3 is 6.03 Å². The Hall–Kier alpha value is -2.99. The number of nitrogens with one attached hydrogen (secondary N) is 2. The molecule has 1 aromatic carbocycles. The van der Waals surface area contributed by atoms with Crippen molar-refractivity contribution < 1.29 is 18.8 Å². The van der Waals surface area contributed by atoms with Gasteiger partial charge in [-0.2, -0.15) is 5.26 Å². The van der Waals surface area contributed by atoms with Gasteiger partial charge < -0.3 is 10.2 Å². The molecule has 0 radical (unpaired) electrons. The minimum absolute atomic E-state index is 0.0381. The van der Waals surface area contributed by atoms with Crippen LogP contribution in [0.2, 0.25) is 0 Å². The van der Waals surface area contributed by atoms with E-state index in [1.165, 1.54) is 23.1 Å². The number of nitrogens with zero attached hydrogens (tertiary/aromatic N) is 3. The van der Waals surface area contributed by atoms with E-state index in [2.05, 4.69) is 10.6 Å². The number of imide groups is 1. The number of hydrogen-bond acceptors (Lipinski definition) is 5. The van der Waals surface area contributed by atoms with E-state index in [0.717, 1.165) is 0 Å². The molecular weight excluding hydrogens is 353 g/mol. The van der Waals surface area contributed by atoms with Gasteiger partial charge in [-0.1, -0.05) is 0 Å². The predicted molar refractivity (Wildman–Crippen MR) is 92.7 cm³/mol. The molecule has 27 heavy (non-hydrogen) atoms. The lowest BCUT2D eigenvalue weighted by Crippen LogP contribution is -2.59. The number of halogens is 1. The molecule has 1 unspecified atom stereocenters. The van der Waals surface area contributed by atoms with E-state index in [1.807, 2.05) is 11.0 Å². The predicted octanol–water partition coefficient (Wildman–Crippen LogP) is 0.330. The molecule has 0 aromatic heterocycles. The van der Waals surface area contributed by atoms with Gasteiger partial charge in [0.25, 0.3) is 5.91 Å². The minimum atomic E-state index is -0.985. The normalized spacial score (nSPS) is 22.3. The molecule has 4 amide bonds. The first kappa shape index (κ1) is 18.8. The third-order valence-corrected chi connectivity index (χ3v) is 4.95. The number of piperidine rings is 1. The second kappa shape index (κ2) is 7.32. The molecule has 2 heterocycles. The summed E-state index contributed by atoms with van der Waals surface area (Å²) in [6, 6.07) is 5.45. The largest absolute Gasteiger partial charge is 0.340 e. The molecule has 3 rings (SSSR count). The number of carbonyl (C=O) groups is 3. The average molecular weight is 373 g/mol. The Morgan fingerprint density at radius 2 is 2.22 bits per heavy atom. The summed E-state index contributed by atoms with van der Waals surface area (Å²) in [5.74, 6) is -1.08. The third kappa shape index (κ3) is 3.90. The average Bonchev–Trinajstić information content (AvgIpc) is 2.89. The number of rotatable bonds is 4. The molecule has 142 valence electrons. The lowest BCUT2D eigenvalue weighted by atomic mass is 9.89. The van der Waals surface area contributed by atoms with E-state index in [0.29, 0.717) is 24.9 Å². The van der Waals surface area contributed by atoms with Crippen molar-refractivity contribution in [3.8, 4) is 6.07 Å². The Kier molecular flexibility index (Phi) is 5.10. The standard InChI is InChI=1S/C18H20FN5O3/c1-23(9-13-7-12(8-20)3-4-14(13)19)15(25)10-24-6-2-5-18(11-24)16(26)21-17(27)22-18/h3-4,7H,2,5-6,9-11H2,1H3,(H2,21,22,26,27). The number of nitriles is 1. The zero-order valence-corrected chi connectivity index (χ0v) is 14.9. The fourth-order valence-electron chi connectivity index (χ4n) is 3.52. The highest BCUT2D eigenvalue weighted by molar-refractivity contribution is 6.07. The summed E-state index contributed by atoms with van der Waals surface area (Å²) >= 11 is 0. The zero-order chi connectivity index (χ0) is 19.6. The van der Waals surface area contributed by atoms with Crippen molar-refractivity contribution >= 4 is 17.8 Å². The van der Waals surface area contributed by atoms with Crippen LogP contribution in [0, 0.1) is 17.1 Å². The smallest absolute Gasteiger partial charge is 0.322 e. The summed E-state index contributed by atoms with van der Waals surface area (Å²) in [5, 5.41) is 13.8. The van der Waals surface area contributed by atoms with Crippen LogP contribution < -0.4 is 10.6 Å². The van der Waals surface area contributed by atoms with E-state index in [1.54, 1.807) is 7.05 Å². The molecule has 9 heteroatoms. The summed E-state index contributed by atoms with van der Waals surface area (Å²) in [6.07, 6.45) is 1.20. The van der Waals surface area contributed by atoms with Crippen molar-refractivity contribution in [2.45, 2.75) is 24.9 Å². The Balaban J connectivity index is 1.62. The maximum atomic E-state index is 13.9. The number of amides is 4. The molecule has 2 saturated heterocycles. The Labute approximate surface area is 155 Å². The molecule has 1 spiro atoms. The summed E-state index contributed by atoms with van der Waals surface area (Å²) in [5.41, 5.74) is -0.392. The molecule has 0 aliphatic carbocycles. The molecule has 8 nitrogen and oxygen atoms in total. The van der Waals surface area contributed by atoms with Crippen LogP contribution in [-0.2, 0) is 16.1 Å². The van der Waals surface area contributed by atoms with Crippen LogP contribution >= 0.6 is 0 Å². The molecule has 2 N–H and O–H groups in total. The number of urea groups is 1. The molecule has 0 bridgehead atoms. The maximum absolute atomic E-state index is 13.9. The zero-order valence-electron chi connectivity index (χ0n) is 14.9. The van der Waals surface area contributed by atoms with Crippen molar-refractivity contribution in [2.75, 3.05) is 26.7 Å². The highest BCUT2D eigenvalue weighted by Crippen LogP contribution is 2.24. The van der Waals surface area contributed by atoms with Crippen LogP contribution in [0.15, 0.2) is 18.2 Å². The SMILES string of the molecule is CN(Cc1cc(C#N)ccc1F)C(=O)CN1CCCC2(C1)NC(=O)NC2=O. The summed E-state index contributed by atoms with van der Waals surface area (Å²) in [6.45, 7) is 0.975. The topological polar surface area (TPSA) is 106 Å². The maximum Gasteiger partial charge on any atom is 0.322 e. The lowest BCUT2D eigenvalue weighted by Gasteiger charge is -2.38. The summed E-state index contributed by atoms with van der Waals surface area (Å²) < 4.78 is 13.9. The quantitative estimate of drug-likeness (QED) is 0.740. The Morgan fingerprint density at radius 3 is 2.89 bits per heavy atom. The van der Waals surface area contributed by atoms with E-state index in [9.17, 15) is 18.8 Å². The number of likely N-dealkylation sites (N-methyl/N-ethyl adjacent to an activating group) is 1.